The Balaban J connectivity index is 1.45. The predicted molar refractivity (Wildman–Crippen MR) is 126 cm³/mol. The predicted octanol–water partition coefficient (Wildman–Crippen LogP) is 4.19. The molecule has 3 aromatic carbocycles. The third-order valence-corrected chi connectivity index (χ3v) is 5.46. The van der Waals surface area contributed by atoms with Crippen LogP contribution in [0.1, 0.15) is 5.56 Å². The number of methoxy groups -OCH3 is 1. The largest absolute Gasteiger partial charge is 0.497 e. The fourth-order valence-corrected chi connectivity index (χ4v) is 3.72. The molecule has 0 unspecified atom stereocenters. The highest BCUT2D eigenvalue weighted by Gasteiger charge is 2.16. The number of ether oxygens (including phenoxy) is 1. The number of para-hydroxylation sites is 1. The zero-order valence-corrected chi connectivity index (χ0v) is 18.2. The lowest BCUT2D eigenvalue weighted by Gasteiger charge is -2.10. The Labute approximate surface area is 190 Å². The molecule has 0 radical (unpaired) electrons. The minimum atomic E-state index is -0.233. The van der Waals surface area contributed by atoms with Gasteiger partial charge in [0.2, 0.25) is 0 Å². The number of hydrogen-bond donors (Lipinski definition) is 1. The lowest BCUT2D eigenvalue weighted by molar-refractivity contribution is -0.118. The summed E-state index contributed by atoms with van der Waals surface area (Å²) in [6.45, 7) is 0. The third-order valence-electron chi connectivity index (χ3n) is 4.53. The molecular weight excluding hydrogens is 422 g/mol. The van der Waals surface area contributed by atoms with Crippen LogP contribution in [0, 0.1) is 0 Å². The molecule has 4 aromatic rings. The van der Waals surface area contributed by atoms with E-state index in [1.165, 1.54) is 11.8 Å². The molecule has 0 fully saturated rings. The lowest BCUT2D eigenvalue weighted by Crippen LogP contribution is -2.20. The smallest absolute Gasteiger partial charge is 0.250 e. The van der Waals surface area contributed by atoms with Crippen molar-refractivity contribution in [3.05, 3.63) is 90.5 Å². The van der Waals surface area contributed by atoms with Crippen molar-refractivity contribution >= 4 is 23.9 Å². The minimum absolute atomic E-state index is 0.152. The first-order valence-electron chi connectivity index (χ1n) is 9.89. The number of nitrogens with one attached hydrogen (secondary N) is 1. The highest BCUT2D eigenvalue weighted by atomic mass is 32.2. The first-order chi connectivity index (χ1) is 15.7. The molecule has 1 amide bonds. The van der Waals surface area contributed by atoms with Crippen LogP contribution in [0.4, 0.5) is 0 Å². The van der Waals surface area contributed by atoms with Crippen LogP contribution in [0.25, 0.3) is 17.1 Å². The molecule has 0 bridgehead atoms. The van der Waals surface area contributed by atoms with Gasteiger partial charge in [0, 0.05) is 11.3 Å². The van der Waals surface area contributed by atoms with Gasteiger partial charge in [0.25, 0.3) is 5.91 Å². The van der Waals surface area contributed by atoms with E-state index in [0.717, 1.165) is 28.4 Å². The minimum Gasteiger partial charge on any atom is -0.497 e. The quantitative estimate of drug-likeness (QED) is 0.251. The second-order valence-electron chi connectivity index (χ2n) is 6.70. The molecule has 0 saturated heterocycles. The van der Waals surface area contributed by atoms with E-state index in [0.29, 0.717) is 5.16 Å². The van der Waals surface area contributed by atoms with Crippen LogP contribution >= 0.6 is 11.8 Å². The molecule has 32 heavy (non-hydrogen) atoms. The Morgan fingerprint density at radius 3 is 2.38 bits per heavy atom. The summed E-state index contributed by atoms with van der Waals surface area (Å²) in [6.07, 6.45) is 1.59. The number of benzene rings is 3. The Bertz CT molecular complexity index is 1190. The van der Waals surface area contributed by atoms with Crippen molar-refractivity contribution in [2.24, 2.45) is 5.10 Å². The number of hydrazone groups is 1. The number of nitrogens with zero attached hydrogens (tertiary/aromatic N) is 4. The van der Waals surface area contributed by atoms with Crippen LogP contribution < -0.4 is 10.2 Å². The van der Waals surface area contributed by atoms with E-state index >= 15 is 0 Å². The van der Waals surface area contributed by atoms with E-state index in [-0.39, 0.29) is 11.7 Å². The zero-order chi connectivity index (χ0) is 22.2. The fourth-order valence-electron chi connectivity index (χ4n) is 2.98. The summed E-state index contributed by atoms with van der Waals surface area (Å²) in [7, 11) is 1.61. The van der Waals surface area contributed by atoms with Crippen molar-refractivity contribution in [3.8, 4) is 22.8 Å². The van der Waals surface area contributed by atoms with Gasteiger partial charge in [-0.15, -0.1) is 10.2 Å². The monoisotopic (exact) mass is 443 g/mol. The number of carbonyl (C=O) groups is 1. The average molecular weight is 444 g/mol. The maximum atomic E-state index is 12.3. The van der Waals surface area contributed by atoms with Crippen LogP contribution in [0.3, 0.4) is 0 Å². The highest BCUT2D eigenvalue weighted by molar-refractivity contribution is 7.99. The van der Waals surface area contributed by atoms with Gasteiger partial charge in [-0.2, -0.15) is 5.10 Å². The lowest BCUT2D eigenvalue weighted by atomic mass is 10.2. The number of aromatic nitrogens is 3. The van der Waals surface area contributed by atoms with Gasteiger partial charge >= 0.3 is 0 Å². The Morgan fingerprint density at radius 1 is 1.00 bits per heavy atom. The molecule has 0 atom stereocenters. The summed E-state index contributed by atoms with van der Waals surface area (Å²) >= 11 is 1.30. The van der Waals surface area contributed by atoms with Crippen molar-refractivity contribution in [1.82, 2.24) is 20.2 Å². The van der Waals surface area contributed by atoms with Crippen LogP contribution in [-0.2, 0) is 4.79 Å². The number of thioether (sulfide) groups is 1. The molecule has 1 heterocycles. The van der Waals surface area contributed by atoms with Crippen molar-refractivity contribution in [3.63, 3.8) is 0 Å². The normalized spacial score (nSPS) is 10.9. The van der Waals surface area contributed by atoms with Crippen molar-refractivity contribution < 1.29 is 9.53 Å². The van der Waals surface area contributed by atoms with Gasteiger partial charge in [0.05, 0.1) is 19.1 Å². The number of amides is 1. The SMILES string of the molecule is COc1ccc(C=NNC(=O)CSc2nnc(-c3ccccc3)n2-c2ccccc2)cc1. The maximum absolute atomic E-state index is 12.3. The molecule has 4 rings (SSSR count). The van der Waals surface area contributed by atoms with Gasteiger partial charge in [-0.1, -0.05) is 60.3 Å². The maximum Gasteiger partial charge on any atom is 0.250 e. The molecule has 1 aromatic heterocycles. The molecule has 0 aliphatic rings. The first-order valence-corrected chi connectivity index (χ1v) is 10.9. The van der Waals surface area contributed by atoms with Gasteiger partial charge in [-0.05, 0) is 42.0 Å². The Morgan fingerprint density at radius 2 is 1.69 bits per heavy atom. The molecule has 0 aliphatic carbocycles. The van der Waals surface area contributed by atoms with E-state index in [2.05, 4.69) is 20.7 Å². The first kappa shape index (κ1) is 21.3. The topological polar surface area (TPSA) is 81.4 Å². The van der Waals surface area contributed by atoms with Crippen molar-refractivity contribution in [2.45, 2.75) is 5.16 Å². The summed E-state index contributed by atoms with van der Waals surface area (Å²) in [5.74, 6) is 1.40. The number of hydrogen-bond acceptors (Lipinski definition) is 6. The summed E-state index contributed by atoms with van der Waals surface area (Å²) < 4.78 is 7.08. The Hall–Kier alpha value is -3.91. The van der Waals surface area contributed by atoms with Gasteiger partial charge in [-0.3, -0.25) is 9.36 Å². The molecule has 160 valence electrons. The van der Waals surface area contributed by atoms with Crippen LogP contribution in [0.2, 0.25) is 0 Å². The summed E-state index contributed by atoms with van der Waals surface area (Å²) in [5.41, 5.74) is 5.28. The molecule has 8 heteroatoms. The van der Waals surface area contributed by atoms with Crippen LogP contribution in [0.15, 0.2) is 95.2 Å². The summed E-state index contributed by atoms with van der Waals surface area (Å²) in [6, 6.07) is 27.1. The molecule has 0 spiro atoms. The van der Waals surface area contributed by atoms with Crippen molar-refractivity contribution in [2.75, 3.05) is 12.9 Å². The van der Waals surface area contributed by atoms with E-state index in [1.54, 1.807) is 13.3 Å². The molecule has 7 nitrogen and oxygen atoms in total. The van der Waals surface area contributed by atoms with Crippen LogP contribution in [-0.4, -0.2) is 39.7 Å². The van der Waals surface area contributed by atoms with Crippen LogP contribution in [0.5, 0.6) is 5.75 Å². The highest BCUT2D eigenvalue weighted by Crippen LogP contribution is 2.27. The second kappa shape index (κ2) is 10.4. The summed E-state index contributed by atoms with van der Waals surface area (Å²) in [4.78, 5) is 12.3. The standard InChI is InChI=1S/C24H21N5O2S/c1-31-21-14-12-18(13-15-21)16-25-26-22(30)17-32-24-28-27-23(19-8-4-2-5-9-19)29(24)20-10-6-3-7-11-20/h2-16H,17H2,1H3,(H,26,30). The van der Waals surface area contributed by atoms with Gasteiger partial charge in [-0.25, -0.2) is 5.43 Å². The average Bonchev–Trinajstić information content (AvgIpc) is 3.28. The van der Waals surface area contributed by atoms with Gasteiger partial charge in [0.15, 0.2) is 11.0 Å². The number of rotatable bonds is 8. The molecular formula is C24H21N5O2S. The van der Waals surface area contributed by atoms with E-state index < -0.39 is 0 Å². The van der Waals surface area contributed by atoms with Gasteiger partial charge < -0.3 is 4.74 Å². The van der Waals surface area contributed by atoms with E-state index in [1.807, 2.05) is 89.5 Å². The fraction of sp³-hybridized carbons (Fsp3) is 0.0833. The number of carbonyl (C=O) groups excluding carboxylic acids is 1. The molecule has 0 saturated carbocycles. The van der Waals surface area contributed by atoms with E-state index in [9.17, 15) is 4.79 Å². The van der Waals surface area contributed by atoms with Gasteiger partial charge in [0.1, 0.15) is 5.75 Å². The third kappa shape index (κ3) is 5.22. The van der Waals surface area contributed by atoms with E-state index in [4.69, 9.17) is 4.74 Å². The Kier molecular flexibility index (Phi) is 6.94. The summed E-state index contributed by atoms with van der Waals surface area (Å²) in [5, 5.41) is 13.4. The zero-order valence-electron chi connectivity index (χ0n) is 17.4. The second-order valence-corrected chi connectivity index (χ2v) is 7.64. The molecule has 1 N–H and O–H groups in total. The van der Waals surface area contributed by atoms with Crippen molar-refractivity contribution in [1.29, 1.82) is 0 Å². The molecule has 0 aliphatic heterocycles.